The highest BCUT2D eigenvalue weighted by molar-refractivity contribution is 5.94. The van der Waals surface area contributed by atoms with Crippen molar-refractivity contribution in [1.29, 1.82) is 0 Å². The van der Waals surface area contributed by atoms with Crippen LogP contribution >= 0.6 is 0 Å². The Labute approximate surface area is 123 Å². The molecule has 4 heteroatoms. The zero-order valence-electron chi connectivity index (χ0n) is 12.2. The minimum atomic E-state index is -0.338. The summed E-state index contributed by atoms with van der Waals surface area (Å²) in [6, 6.07) is 9.61. The second-order valence-corrected chi connectivity index (χ2v) is 5.65. The van der Waals surface area contributed by atoms with Crippen molar-refractivity contribution < 1.29 is 4.79 Å². The SMILES string of the molecule is Cc1ccc2c(c1)CC[C@@H]2NC(=O)c1ccc(C)[nH]c1=O. The van der Waals surface area contributed by atoms with E-state index >= 15 is 0 Å². The molecule has 21 heavy (non-hydrogen) atoms. The van der Waals surface area contributed by atoms with E-state index in [1.807, 2.05) is 0 Å². The van der Waals surface area contributed by atoms with Gasteiger partial charge in [-0.3, -0.25) is 9.59 Å². The van der Waals surface area contributed by atoms with E-state index in [9.17, 15) is 9.59 Å². The number of nitrogens with one attached hydrogen (secondary N) is 2. The third kappa shape index (κ3) is 2.61. The first kappa shape index (κ1) is 13.6. The Hall–Kier alpha value is -2.36. The van der Waals surface area contributed by atoms with Crippen molar-refractivity contribution in [2.75, 3.05) is 0 Å². The summed E-state index contributed by atoms with van der Waals surface area (Å²) in [5.74, 6) is -0.310. The summed E-state index contributed by atoms with van der Waals surface area (Å²) in [5, 5.41) is 2.97. The molecule has 4 nitrogen and oxygen atoms in total. The number of benzene rings is 1. The number of carbonyl (C=O) groups is 1. The molecule has 0 saturated heterocycles. The molecule has 1 amide bonds. The summed E-state index contributed by atoms with van der Waals surface area (Å²) in [4.78, 5) is 26.8. The Morgan fingerprint density at radius 3 is 2.81 bits per heavy atom. The first-order valence-corrected chi connectivity index (χ1v) is 7.15. The maximum absolute atomic E-state index is 12.3. The maximum atomic E-state index is 12.3. The lowest BCUT2D eigenvalue weighted by atomic mass is 10.1. The largest absolute Gasteiger partial charge is 0.345 e. The van der Waals surface area contributed by atoms with Crippen LogP contribution in [0.25, 0.3) is 0 Å². The number of carbonyl (C=O) groups excluding carboxylic acids is 1. The van der Waals surface area contributed by atoms with Gasteiger partial charge in [0.1, 0.15) is 5.56 Å². The van der Waals surface area contributed by atoms with Gasteiger partial charge in [0.2, 0.25) is 0 Å². The van der Waals surface area contributed by atoms with Gasteiger partial charge in [0.05, 0.1) is 6.04 Å². The summed E-state index contributed by atoms with van der Waals surface area (Å²) in [7, 11) is 0. The number of hydrogen-bond acceptors (Lipinski definition) is 2. The number of aromatic nitrogens is 1. The standard InChI is InChI=1S/C17H18N2O2/c1-10-3-6-13-12(9-10)5-8-15(13)19-17(21)14-7-4-11(2)18-16(14)20/h3-4,6-7,9,15H,5,8H2,1-2H3,(H,18,20)(H,19,21)/t15-/m0/s1. The summed E-state index contributed by atoms with van der Waals surface area (Å²) in [6.45, 7) is 3.86. The normalized spacial score (nSPS) is 16.6. The molecule has 1 heterocycles. The molecule has 1 atom stereocenters. The van der Waals surface area contributed by atoms with E-state index in [0.717, 1.165) is 24.1 Å². The topological polar surface area (TPSA) is 62.0 Å². The highest BCUT2D eigenvalue weighted by Crippen LogP contribution is 2.31. The quantitative estimate of drug-likeness (QED) is 0.888. The van der Waals surface area contributed by atoms with Crippen molar-refractivity contribution in [2.24, 2.45) is 0 Å². The minimum Gasteiger partial charge on any atom is -0.345 e. The van der Waals surface area contributed by atoms with Gasteiger partial charge in [0.25, 0.3) is 11.5 Å². The molecular weight excluding hydrogens is 264 g/mol. The molecule has 1 aromatic heterocycles. The van der Waals surface area contributed by atoms with Crippen LogP contribution in [0.1, 0.15) is 45.2 Å². The van der Waals surface area contributed by atoms with Gasteiger partial charge in [-0.15, -0.1) is 0 Å². The molecule has 0 unspecified atom stereocenters. The van der Waals surface area contributed by atoms with Gasteiger partial charge in [-0.25, -0.2) is 0 Å². The van der Waals surface area contributed by atoms with Crippen LogP contribution in [0.2, 0.25) is 0 Å². The van der Waals surface area contributed by atoms with Crippen molar-refractivity contribution in [1.82, 2.24) is 10.3 Å². The third-order valence-corrected chi connectivity index (χ3v) is 3.98. The second-order valence-electron chi connectivity index (χ2n) is 5.65. The van der Waals surface area contributed by atoms with Crippen molar-refractivity contribution >= 4 is 5.91 Å². The first-order valence-electron chi connectivity index (χ1n) is 7.15. The molecule has 0 radical (unpaired) electrons. The predicted octanol–water partition coefficient (Wildman–Crippen LogP) is 2.41. The number of hydrogen-bond donors (Lipinski definition) is 2. The van der Waals surface area contributed by atoms with E-state index < -0.39 is 0 Å². The molecular formula is C17H18N2O2. The third-order valence-electron chi connectivity index (χ3n) is 3.98. The van der Waals surface area contributed by atoms with Crippen LogP contribution in [-0.4, -0.2) is 10.9 Å². The van der Waals surface area contributed by atoms with E-state index in [4.69, 9.17) is 0 Å². The summed E-state index contributed by atoms with van der Waals surface area (Å²) < 4.78 is 0. The highest BCUT2D eigenvalue weighted by Gasteiger charge is 2.24. The zero-order valence-corrected chi connectivity index (χ0v) is 12.2. The molecule has 0 fully saturated rings. The van der Waals surface area contributed by atoms with Crippen LogP contribution < -0.4 is 10.9 Å². The monoisotopic (exact) mass is 282 g/mol. The fourth-order valence-electron chi connectivity index (χ4n) is 2.88. The average molecular weight is 282 g/mol. The first-order chi connectivity index (χ1) is 10.0. The number of aromatic amines is 1. The number of fused-ring (bicyclic) bond motifs is 1. The maximum Gasteiger partial charge on any atom is 0.260 e. The summed E-state index contributed by atoms with van der Waals surface area (Å²) in [6.07, 6.45) is 1.85. The molecule has 1 aromatic carbocycles. The van der Waals surface area contributed by atoms with Crippen LogP contribution in [0, 0.1) is 13.8 Å². The summed E-state index contributed by atoms with van der Waals surface area (Å²) >= 11 is 0. The van der Waals surface area contributed by atoms with E-state index in [-0.39, 0.29) is 23.1 Å². The fourth-order valence-corrected chi connectivity index (χ4v) is 2.88. The van der Waals surface area contributed by atoms with E-state index in [0.29, 0.717) is 0 Å². The van der Waals surface area contributed by atoms with Crippen molar-refractivity contribution in [3.63, 3.8) is 0 Å². The predicted molar refractivity (Wildman–Crippen MR) is 81.5 cm³/mol. The molecule has 0 aliphatic heterocycles. The molecule has 3 rings (SSSR count). The van der Waals surface area contributed by atoms with Crippen molar-refractivity contribution in [2.45, 2.75) is 32.7 Å². The average Bonchev–Trinajstić information content (AvgIpc) is 2.80. The Bertz CT molecular complexity index is 762. The van der Waals surface area contributed by atoms with E-state index in [1.165, 1.54) is 11.1 Å². The Kier molecular flexibility index (Phi) is 3.37. The molecule has 2 aromatic rings. The highest BCUT2D eigenvalue weighted by atomic mass is 16.2. The zero-order chi connectivity index (χ0) is 15.0. The molecule has 0 saturated carbocycles. The lowest BCUT2D eigenvalue weighted by Crippen LogP contribution is -2.32. The number of pyridine rings is 1. The Balaban J connectivity index is 1.82. The Morgan fingerprint density at radius 1 is 1.24 bits per heavy atom. The molecule has 1 aliphatic carbocycles. The number of amides is 1. The van der Waals surface area contributed by atoms with Crippen molar-refractivity contribution in [3.8, 4) is 0 Å². The smallest absolute Gasteiger partial charge is 0.260 e. The lowest BCUT2D eigenvalue weighted by Gasteiger charge is -2.14. The molecule has 1 aliphatic rings. The van der Waals surface area contributed by atoms with E-state index in [2.05, 4.69) is 35.4 Å². The lowest BCUT2D eigenvalue weighted by molar-refractivity contribution is 0.0935. The van der Waals surface area contributed by atoms with Gasteiger partial charge in [0, 0.05) is 5.69 Å². The number of rotatable bonds is 2. The number of H-pyrrole nitrogens is 1. The molecule has 108 valence electrons. The van der Waals surface area contributed by atoms with Gasteiger partial charge in [-0.05, 0) is 49.9 Å². The van der Waals surface area contributed by atoms with Crippen LogP contribution in [0.3, 0.4) is 0 Å². The van der Waals surface area contributed by atoms with Gasteiger partial charge >= 0.3 is 0 Å². The van der Waals surface area contributed by atoms with Crippen LogP contribution in [0.5, 0.6) is 0 Å². The van der Waals surface area contributed by atoms with Gasteiger partial charge in [-0.2, -0.15) is 0 Å². The molecule has 0 bridgehead atoms. The molecule has 2 N–H and O–H groups in total. The van der Waals surface area contributed by atoms with Crippen LogP contribution in [0.15, 0.2) is 35.1 Å². The van der Waals surface area contributed by atoms with Gasteiger partial charge < -0.3 is 10.3 Å². The van der Waals surface area contributed by atoms with Gasteiger partial charge in [-0.1, -0.05) is 23.8 Å². The summed E-state index contributed by atoms with van der Waals surface area (Å²) in [5.41, 5.74) is 4.26. The minimum absolute atomic E-state index is 0.00574. The van der Waals surface area contributed by atoms with Gasteiger partial charge in [0.15, 0.2) is 0 Å². The number of aryl methyl sites for hydroxylation is 3. The fraction of sp³-hybridized carbons (Fsp3) is 0.294. The van der Waals surface area contributed by atoms with E-state index in [1.54, 1.807) is 19.1 Å². The molecule has 0 spiro atoms. The van der Waals surface area contributed by atoms with Crippen LogP contribution in [0.4, 0.5) is 0 Å². The van der Waals surface area contributed by atoms with Crippen molar-refractivity contribution in [3.05, 3.63) is 68.6 Å². The Morgan fingerprint density at radius 2 is 2.05 bits per heavy atom. The van der Waals surface area contributed by atoms with Crippen LogP contribution in [-0.2, 0) is 6.42 Å². The second kappa shape index (κ2) is 5.20.